The number of ketones is 1. The van der Waals surface area contributed by atoms with Crippen LogP contribution in [0.25, 0.3) is 0 Å². The topological polar surface area (TPSA) is 29.6 Å². The summed E-state index contributed by atoms with van der Waals surface area (Å²) in [5.74, 6) is 0.273. The van der Waals surface area contributed by atoms with E-state index in [-0.39, 0.29) is 11.4 Å². The molecule has 0 saturated carbocycles. The molecule has 1 saturated heterocycles. The van der Waals surface area contributed by atoms with Crippen molar-refractivity contribution in [1.82, 2.24) is 0 Å². The molecule has 0 spiro atoms. The van der Waals surface area contributed by atoms with Gasteiger partial charge >= 0.3 is 0 Å². The summed E-state index contributed by atoms with van der Waals surface area (Å²) in [5, 5.41) is 0. The highest BCUT2D eigenvalue weighted by atomic mass is 16.6. The first-order chi connectivity index (χ1) is 9.31. The lowest BCUT2D eigenvalue weighted by Crippen LogP contribution is -2.02. The van der Waals surface area contributed by atoms with Gasteiger partial charge < -0.3 is 9.53 Å². The Morgan fingerprint density at radius 3 is 2.00 bits per heavy atom. The average Bonchev–Trinajstić information content (AvgIpc) is 2.94. The summed E-state index contributed by atoms with van der Waals surface area (Å²) in [6, 6.07) is 0. The van der Waals surface area contributed by atoms with Gasteiger partial charge in [0.05, 0.1) is 11.7 Å². The van der Waals surface area contributed by atoms with Crippen LogP contribution in [0.2, 0.25) is 0 Å². The fourth-order valence-electron chi connectivity index (χ4n) is 2.37. The Bertz CT molecular complexity index is 388. The van der Waals surface area contributed by atoms with Crippen LogP contribution in [0.3, 0.4) is 0 Å². The van der Waals surface area contributed by atoms with Crippen LogP contribution >= 0.6 is 0 Å². The molecule has 114 valence electrons. The Hall–Kier alpha value is -0.890. The fourth-order valence-corrected chi connectivity index (χ4v) is 2.37. The van der Waals surface area contributed by atoms with Crippen LogP contribution in [0.5, 0.6) is 0 Å². The molecule has 1 atom stereocenters. The van der Waals surface area contributed by atoms with E-state index in [9.17, 15) is 4.79 Å². The number of ether oxygens (including phenoxy) is 1. The highest BCUT2D eigenvalue weighted by molar-refractivity contribution is 5.75. The van der Waals surface area contributed by atoms with Gasteiger partial charge in [0.2, 0.25) is 0 Å². The zero-order chi connectivity index (χ0) is 15.2. The molecule has 0 aromatic carbocycles. The molecule has 0 bridgehead atoms. The van der Waals surface area contributed by atoms with Crippen molar-refractivity contribution in [1.29, 1.82) is 0 Å². The minimum absolute atomic E-state index is 0.121. The van der Waals surface area contributed by atoms with Gasteiger partial charge in [-0.25, -0.2) is 0 Å². The SMILES string of the molecule is CC(=O)CC/C=C(\C)CC/C=C(\C)CC[C@H]1OC1(C)C. The molecule has 1 fully saturated rings. The van der Waals surface area contributed by atoms with Crippen molar-refractivity contribution >= 4 is 5.78 Å². The van der Waals surface area contributed by atoms with Crippen LogP contribution in [0.15, 0.2) is 23.3 Å². The fraction of sp³-hybridized carbons (Fsp3) is 0.722. The molecule has 2 heteroatoms. The van der Waals surface area contributed by atoms with Gasteiger partial charge in [0.25, 0.3) is 0 Å². The number of carbonyl (C=O) groups is 1. The van der Waals surface area contributed by atoms with Crippen molar-refractivity contribution in [2.75, 3.05) is 0 Å². The molecular formula is C18H30O2. The van der Waals surface area contributed by atoms with E-state index < -0.39 is 0 Å². The number of hydrogen-bond donors (Lipinski definition) is 0. The predicted octanol–water partition coefficient (Wildman–Crippen LogP) is 4.99. The second-order valence-corrected chi connectivity index (χ2v) is 6.63. The van der Waals surface area contributed by atoms with Gasteiger partial charge in [-0.1, -0.05) is 23.3 Å². The molecule has 0 unspecified atom stereocenters. The van der Waals surface area contributed by atoms with Gasteiger partial charge in [0, 0.05) is 6.42 Å². The lowest BCUT2D eigenvalue weighted by Gasteiger charge is -2.02. The summed E-state index contributed by atoms with van der Waals surface area (Å²) in [6.45, 7) is 10.3. The molecule has 1 rings (SSSR count). The third kappa shape index (κ3) is 7.04. The highest BCUT2D eigenvalue weighted by Crippen LogP contribution is 2.38. The summed E-state index contributed by atoms with van der Waals surface area (Å²) in [6.07, 6.45) is 11.0. The lowest BCUT2D eigenvalue weighted by molar-refractivity contribution is -0.116. The normalized spacial score (nSPS) is 21.9. The second kappa shape index (κ2) is 7.78. The minimum atomic E-state index is 0.121. The largest absolute Gasteiger partial charge is 0.367 e. The van der Waals surface area contributed by atoms with Crippen molar-refractivity contribution in [2.24, 2.45) is 0 Å². The van der Waals surface area contributed by atoms with E-state index in [1.807, 2.05) is 0 Å². The quantitative estimate of drug-likeness (QED) is 0.439. The van der Waals surface area contributed by atoms with Crippen molar-refractivity contribution in [3.05, 3.63) is 23.3 Å². The molecule has 0 aromatic rings. The van der Waals surface area contributed by atoms with Crippen LogP contribution in [0, 0.1) is 0 Å². The van der Waals surface area contributed by atoms with E-state index in [0.29, 0.717) is 12.5 Å². The summed E-state index contributed by atoms with van der Waals surface area (Å²) in [7, 11) is 0. The molecule has 1 aliphatic rings. The summed E-state index contributed by atoms with van der Waals surface area (Å²) >= 11 is 0. The van der Waals surface area contributed by atoms with Crippen LogP contribution in [0.4, 0.5) is 0 Å². The molecule has 1 aliphatic heterocycles. The van der Waals surface area contributed by atoms with Gasteiger partial charge in [0.1, 0.15) is 5.78 Å². The first-order valence-electron chi connectivity index (χ1n) is 7.80. The predicted molar refractivity (Wildman–Crippen MR) is 84.8 cm³/mol. The Balaban J connectivity index is 2.14. The average molecular weight is 278 g/mol. The molecule has 0 amide bonds. The van der Waals surface area contributed by atoms with Gasteiger partial charge in [-0.2, -0.15) is 0 Å². The van der Waals surface area contributed by atoms with Crippen molar-refractivity contribution in [3.8, 4) is 0 Å². The summed E-state index contributed by atoms with van der Waals surface area (Å²) in [5.41, 5.74) is 2.98. The second-order valence-electron chi connectivity index (χ2n) is 6.63. The Labute approximate surface area is 124 Å². The van der Waals surface area contributed by atoms with Gasteiger partial charge in [0.15, 0.2) is 0 Å². The standard InChI is InChI=1S/C18H30O2/c1-14(10-7-11-16(3)19)8-6-9-15(2)12-13-17-18(4,5)20-17/h9-10,17H,6-8,11-13H2,1-5H3/b14-10+,15-9+/t17-/m1/s1. The first kappa shape index (κ1) is 17.2. The lowest BCUT2D eigenvalue weighted by atomic mass is 10.0. The Morgan fingerprint density at radius 2 is 1.50 bits per heavy atom. The number of Topliss-reactive ketones (excluding diaryl/α,β-unsaturated/α-hetero) is 1. The molecule has 1 heterocycles. The zero-order valence-electron chi connectivity index (χ0n) is 13.8. The van der Waals surface area contributed by atoms with E-state index in [4.69, 9.17) is 4.74 Å². The van der Waals surface area contributed by atoms with E-state index in [2.05, 4.69) is 39.8 Å². The highest BCUT2D eigenvalue weighted by Gasteiger charge is 2.46. The van der Waals surface area contributed by atoms with E-state index in [0.717, 1.165) is 32.1 Å². The minimum Gasteiger partial charge on any atom is -0.367 e. The van der Waals surface area contributed by atoms with Gasteiger partial charge in [-0.3, -0.25) is 0 Å². The third-order valence-corrected chi connectivity index (χ3v) is 3.99. The number of hydrogen-bond acceptors (Lipinski definition) is 2. The van der Waals surface area contributed by atoms with Crippen LogP contribution in [-0.2, 0) is 9.53 Å². The molecular weight excluding hydrogens is 248 g/mol. The summed E-state index contributed by atoms with van der Waals surface area (Å²) < 4.78 is 5.60. The van der Waals surface area contributed by atoms with Gasteiger partial charge in [-0.05, 0) is 66.7 Å². The molecule has 20 heavy (non-hydrogen) atoms. The smallest absolute Gasteiger partial charge is 0.130 e. The molecule has 0 aromatic heterocycles. The maximum absolute atomic E-state index is 10.9. The third-order valence-electron chi connectivity index (χ3n) is 3.99. The summed E-state index contributed by atoms with van der Waals surface area (Å²) in [4.78, 5) is 10.9. The van der Waals surface area contributed by atoms with Crippen molar-refractivity contribution < 1.29 is 9.53 Å². The Kier molecular flexibility index (Phi) is 6.67. The molecule has 0 aliphatic carbocycles. The molecule has 0 N–H and O–H groups in total. The Morgan fingerprint density at radius 1 is 1.00 bits per heavy atom. The van der Waals surface area contributed by atoms with Crippen LogP contribution in [-0.4, -0.2) is 17.5 Å². The van der Waals surface area contributed by atoms with Crippen molar-refractivity contribution in [2.45, 2.75) is 84.8 Å². The number of carbonyl (C=O) groups excluding carboxylic acids is 1. The van der Waals surface area contributed by atoms with Crippen LogP contribution < -0.4 is 0 Å². The van der Waals surface area contributed by atoms with E-state index in [1.54, 1.807) is 6.92 Å². The molecule has 0 radical (unpaired) electrons. The maximum atomic E-state index is 10.9. The van der Waals surface area contributed by atoms with Crippen molar-refractivity contribution in [3.63, 3.8) is 0 Å². The first-order valence-corrected chi connectivity index (χ1v) is 7.80. The van der Waals surface area contributed by atoms with E-state index in [1.165, 1.54) is 11.1 Å². The number of rotatable bonds is 9. The molecule has 2 nitrogen and oxygen atoms in total. The van der Waals surface area contributed by atoms with Gasteiger partial charge in [-0.15, -0.1) is 0 Å². The van der Waals surface area contributed by atoms with E-state index >= 15 is 0 Å². The monoisotopic (exact) mass is 278 g/mol. The maximum Gasteiger partial charge on any atom is 0.130 e. The van der Waals surface area contributed by atoms with Crippen LogP contribution in [0.1, 0.15) is 73.1 Å². The number of allylic oxidation sites excluding steroid dienone is 4. The zero-order valence-corrected chi connectivity index (χ0v) is 13.8. The number of epoxide rings is 1.